The minimum atomic E-state index is -0.608. The van der Waals surface area contributed by atoms with Gasteiger partial charge in [-0.2, -0.15) is 5.10 Å². The van der Waals surface area contributed by atoms with Gasteiger partial charge in [-0.25, -0.2) is 5.43 Å². The zero-order valence-electron chi connectivity index (χ0n) is 13.7. The summed E-state index contributed by atoms with van der Waals surface area (Å²) in [6, 6.07) is 6.89. The van der Waals surface area contributed by atoms with Crippen molar-refractivity contribution in [3.63, 3.8) is 0 Å². The Kier molecular flexibility index (Phi) is 6.12. The normalized spacial score (nSPS) is 10.6. The molecule has 0 atom stereocenters. The maximum Gasteiger partial charge on any atom is 0.271 e. The van der Waals surface area contributed by atoms with Crippen LogP contribution in [-0.2, 0) is 0 Å². The van der Waals surface area contributed by atoms with E-state index in [-0.39, 0.29) is 27.0 Å². The van der Waals surface area contributed by atoms with Crippen LogP contribution < -0.4 is 14.9 Å². The minimum absolute atomic E-state index is 0.0644. The SMILES string of the molecule is COc1cc(OC)cc(C(=O)N/N=C\c2cc([N+](=O)[O-])cc(Br)c2O)c1. The lowest BCUT2D eigenvalue weighted by atomic mass is 10.2. The van der Waals surface area contributed by atoms with Crippen molar-refractivity contribution in [3.05, 3.63) is 56.0 Å². The van der Waals surface area contributed by atoms with Crippen LogP contribution in [0.1, 0.15) is 15.9 Å². The fraction of sp³-hybridized carbons (Fsp3) is 0.125. The Morgan fingerprint density at radius 1 is 1.23 bits per heavy atom. The van der Waals surface area contributed by atoms with E-state index in [9.17, 15) is 20.0 Å². The Balaban J connectivity index is 2.21. The van der Waals surface area contributed by atoms with E-state index in [1.54, 1.807) is 6.07 Å². The van der Waals surface area contributed by atoms with E-state index in [1.807, 2.05) is 0 Å². The molecule has 0 aliphatic carbocycles. The van der Waals surface area contributed by atoms with Crippen LogP contribution in [0.3, 0.4) is 0 Å². The molecule has 0 unspecified atom stereocenters. The van der Waals surface area contributed by atoms with Gasteiger partial charge in [-0.1, -0.05) is 0 Å². The first-order chi connectivity index (χ1) is 12.3. The van der Waals surface area contributed by atoms with Crippen LogP contribution in [0.25, 0.3) is 0 Å². The van der Waals surface area contributed by atoms with Gasteiger partial charge in [0.15, 0.2) is 0 Å². The van der Waals surface area contributed by atoms with Crippen molar-refractivity contribution >= 4 is 33.7 Å². The van der Waals surface area contributed by atoms with Crippen molar-refractivity contribution in [3.8, 4) is 17.2 Å². The van der Waals surface area contributed by atoms with Crippen LogP contribution in [0.5, 0.6) is 17.2 Å². The first kappa shape index (κ1) is 19.2. The van der Waals surface area contributed by atoms with Crippen LogP contribution in [0.15, 0.2) is 39.9 Å². The largest absolute Gasteiger partial charge is 0.506 e. The van der Waals surface area contributed by atoms with Gasteiger partial charge in [0, 0.05) is 29.3 Å². The van der Waals surface area contributed by atoms with E-state index in [4.69, 9.17) is 9.47 Å². The summed E-state index contributed by atoms with van der Waals surface area (Å²) in [5.41, 5.74) is 2.34. The van der Waals surface area contributed by atoms with Crippen LogP contribution in [-0.4, -0.2) is 36.4 Å². The highest BCUT2D eigenvalue weighted by atomic mass is 79.9. The summed E-state index contributed by atoms with van der Waals surface area (Å²) in [7, 11) is 2.91. The molecule has 0 saturated heterocycles. The molecule has 0 radical (unpaired) electrons. The van der Waals surface area contributed by atoms with Crippen molar-refractivity contribution in [1.29, 1.82) is 0 Å². The van der Waals surface area contributed by atoms with Crippen molar-refractivity contribution in [2.75, 3.05) is 14.2 Å². The van der Waals surface area contributed by atoms with Crippen molar-refractivity contribution in [2.45, 2.75) is 0 Å². The molecule has 0 aliphatic heterocycles. The van der Waals surface area contributed by atoms with Crippen LogP contribution >= 0.6 is 15.9 Å². The summed E-state index contributed by atoms with van der Waals surface area (Å²) in [5.74, 6) is 0.0663. The number of carbonyl (C=O) groups is 1. The maximum absolute atomic E-state index is 12.2. The second kappa shape index (κ2) is 8.30. The highest BCUT2D eigenvalue weighted by Crippen LogP contribution is 2.31. The number of phenols is 1. The molecule has 2 aromatic carbocycles. The molecule has 2 aromatic rings. The van der Waals surface area contributed by atoms with Crippen LogP contribution in [0.4, 0.5) is 5.69 Å². The molecule has 9 nitrogen and oxygen atoms in total. The number of hydrogen-bond acceptors (Lipinski definition) is 7. The third kappa shape index (κ3) is 4.48. The van der Waals surface area contributed by atoms with E-state index < -0.39 is 10.8 Å². The third-order valence-electron chi connectivity index (χ3n) is 3.27. The number of nitro benzene ring substituents is 1. The van der Waals surface area contributed by atoms with Gasteiger partial charge in [-0.05, 0) is 28.1 Å². The topological polar surface area (TPSA) is 123 Å². The number of nitro groups is 1. The fourth-order valence-corrected chi connectivity index (χ4v) is 2.44. The molecule has 0 aromatic heterocycles. The zero-order valence-corrected chi connectivity index (χ0v) is 15.3. The number of amides is 1. The molecule has 10 heteroatoms. The predicted octanol–water partition coefficient (Wildman–Crippen LogP) is 2.84. The van der Waals surface area contributed by atoms with Gasteiger partial charge in [-0.3, -0.25) is 14.9 Å². The lowest BCUT2D eigenvalue weighted by molar-refractivity contribution is -0.385. The van der Waals surface area contributed by atoms with E-state index in [2.05, 4.69) is 26.5 Å². The second-order valence-corrected chi connectivity index (χ2v) is 5.78. The molecule has 136 valence electrons. The molecule has 2 rings (SSSR count). The molecule has 0 heterocycles. The minimum Gasteiger partial charge on any atom is -0.506 e. The van der Waals surface area contributed by atoms with Gasteiger partial charge in [0.1, 0.15) is 17.2 Å². The average Bonchev–Trinajstić information content (AvgIpc) is 2.64. The number of non-ortho nitro benzene ring substituents is 1. The number of methoxy groups -OCH3 is 2. The molecule has 2 N–H and O–H groups in total. The van der Waals surface area contributed by atoms with Crippen LogP contribution in [0.2, 0.25) is 0 Å². The number of carbonyl (C=O) groups excluding carboxylic acids is 1. The Hall–Kier alpha value is -3.14. The molecular weight excluding hydrogens is 410 g/mol. The molecular formula is C16H14BrN3O6. The van der Waals surface area contributed by atoms with Gasteiger partial charge < -0.3 is 14.6 Å². The molecule has 0 bridgehead atoms. The predicted molar refractivity (Wildman–Crippen MR) is 97.1 cm³/mol. The number of halogens is 1. The number of nitrogens with zero attached hydrogens (tertiary/aromatic N) is 2. The lowest BCUT2D eigenvalue weighted by Crippen LogP contribution is -2.17. The van der Waals surface area contributed by atoms with Gasteiger partial charge in [0.2, 0.25) is 0 Å². The van der Waals surface area contributed by atoms with E-state index in [0.29, 0.717) is 11.5 Å². The lowest BCUT2D eigenvalue weighted by Gasteiger charge is -2.07. The number of phenolic OH excluding ortho intramolecular Hbond substituents is 1. The Labute approximate surface area is 156 Å². The summed E-state index contributed by atoms with van der Waals surface area (Å²) in [5, 5.41) is 24.5. The van der Waals surface area contributed by atoms with Gasteiger partial charge >= 0.3 is 0 Å². The maximum atomic E-state index is 12.2. The summed E-state index contributed by atoms with van der Waals surface area (Å²) >= 11 is 3.02. The van der Waals surface area contributed by atoms with Gasteiger partial charge in [0.05, 0.1) is 29.8 Å². The number of rotatable bonds is 6. The highest BCUT2D eigenvalue weighted by molar-refractivity contribution is 9.10. The Bertz CT molecular complexity index is 862. The molecule has 0 saturated carbocycles. The van der Waals surface area contributed by atoms with Gasteiger partial charge in [-0.15, -0.1) is 0 Å². The molecule has 0 aliphatic rings. The summed E-state index contributed by atoms with van der Waals surface area (Å²) < 4.78 is 10.3. The van der Waals surface area contributed by atoms with Crippen LogP contribution in [0, 0.1) is 10.1 Å². The second-order valence-electron chi connectivity index (χ2n) is 4.92. The van der Waals surface area contributed by atoms with Crippen molar-refractivity contribution < 1.29 is 24.3 Å². The number of aromatic hydroxyl groups is 1. The first-order valence-corrected chi connectivity index (χ1v) is 7.88. The monoisotopic (exact) mass is 423 g/mol. The van der Waals surface area contributed by atoms with E-state index in [0.717, 1.165) is 18.3 Å². The standard InChI is InChI=1S/C16H14BrN3O6/c1-25-12-4-9(5-13(7-12)26-2)16(22)19-18-8-10-3-11(20(23)24)6-14(17)15(10)21/h3-8,21H,1-2H3,(H,19,22)/b18-8-. The number of hydrazone groups is 1. The van der Waals surface area contributed by atoms with Crippen molar-refractivity contribution in [1.82, 2.24) is 5.43 Å². The van der Waals surface area contributed by atoms with Gasteiger partial charge in [0.25, 0.3) is 11.6 Å². The highest BCUT2D eigenvalue weighted by Gasteiger charge is 2.14. The Morgan fingerprint density at radius 2 is 1.85 bits per heavy atom. The smallest absolute Gasteiger partial charge is 0.271 e. The third-order valence-corrected chi connectivity index (χ3v) is 3.88. The molecule has 26 heavy (non-hydrogen) atoms. The summed E-state index contributed by atoms with van der Waals surface area (Å²) in [6.07, 6.45) is 1.10. The average molecular weight is 424 g/mol. The summed E-state index contributed by atoms with van der Waals surface area (Å²) in [4.78, 5) is 22.4. The van der Waals surface area contributed by atoms with E-state index >= 15 is 0 Å². The number of nitrogens with one attached hydrogen (secondary N) is 1. The quantitative estimate of drug-likeness (QED) is 0.418. The molecule has 0 spiro atoms. The number of hydrogen-bond donors (Lipinski definition) is 2. The first-order valence-electron chi connectivity index (χ1n) is 7.09. The molecule has 0 fully saturated rings. The van der Waals surface area contributed by atoms with E-state index in [1.165, 1.54) is 26.4 Å². The zero-order chi connectivity index (χ0) is 19.3. The fourth-order valence-electron chi connectivity index (χ4n) is 1.97. The Morgan fingerprint density at radius 3 is 2.38 bits per heavy atom. The number of ether oxygens (including phenoxy) is 2. The number of benzene rings is 2. The summed E-state index contributed by atoms with van der Waals surface area (Å²) in [6.45, 7) is 0. The molecule has 1 amide bonds. The van der Waals surface area contributed by atoms with Crippen molar-refractivity contribution in [2.24, 2.45) is 5.10 Å².